The van der Waals surface area contributed by atoms with E-state index in [0.29, 0.717) is 17.7 Å². The summed E-state index contributed by atoms with van der Waals surface area (Å²) in [7, 11) is 0. The zero-order valence-corrected chi connectivity index (χ0v) is 17.3. The Morgan fingerprint density at radius 2 is 1.88 bits per heavy atom. The molecule has 166 valence electrons. The lowest BCUT2D eigenvalue weighted by Gasteiger charge is -2.36. The fourth-order valence-electron chi connectivity index (χ4n) is 4.60. The molecule has 0 radical (unpaired) electrons. The lowest BCUT2D eigenvalue weighted by Crippen LogP contribution is -2.40. The maximum absolute atomic E-state index is 13.3. The number of carbonyl (C=O) groups is 2. The number of aromatic hydroxyl groups is 1. The van der Waals surface area contributed by atoms with Crippen molar-refractivity contribution < 1.29 is 28.7 Å². The minimum Gasteiger partial charge on any atom is -0.500 e. The average molecular weight is 440 g/mol. The Balaban J connectivity index is 1.72. The van der Waals surface area contributed by atoms with E-state index >= 15 is 0 Å². The average Bonchev–Trinajstić information content (AvgIpc) is 2.74. The summed E-state index contributed by atoms with van der Waals surface area (Å²) >= 11 is 0. The number of hydrogen-bond donors (Lipinski definition) is 1. The van der Waals surface area contributed by atoms with Crippen LogP contribution in [0.1, 0.15) is 49.1 Å². The van der Waals surface area contributed by atoms with Crippen LogP contribution >= 0.6 is 0 Å². The first kappa shape index (κ1) is 21.6. The van der Waals surface area contributed by atoms with Crippen molar-refractivity contribution in [1.29, 1.82) is 0 Å². The second-order valence-corrected chi connectivity index (χ2v) is 7.99. The van der Waals surface area contributed by atoms with Gasteiger partial charge in [0.1, 0.15) is 11.6 Å². The normalized spacial score (nSPS) is 22.8. The van der Waals surface area contributed by atoms with E-state index in [0.717, 1.165) is 5.56 Å². The molecule has 3 atom stereocenters. The molecule has 9 heteroatoms. The molecule has 1 N–H and O–H groups in total. The van der Waals surface area contributed by atoms with Gasteiger partial charge in [-0.15, -0.1) is 0 Å². The number of hydrogen-bond acceptors (Lipinski definition) is 6. The molecule has 2 aromatic rings. The molecular formula is C23H21FN2O6. The van der Waals surface area contributed by atoms with Gasteiger partial charge in [-0.1, -0.05) is 12.1 Å². The molecule has 32 heavy (non-hydrogen) atoms. The third-order valence-electron chi connectivity index (χ3n) is 6.02. The zero-order valence-electron chi connectivity index (χ0n) is 17.3. The standard InChI is InChI=1S/C23H21FN2O6/c1-2-32-20-10-14(8-18(23(20)29)26(30)31)16-11-21(28)25-17-7-13(9-19(27)22(16)17)12-3-5-15(24)6-4-12/h3-6,8,10,13,16,22,29H,2,7,9,11H2,1H3/t13-,16+,22?/m1/s1. The van der Waals surface area contributed by atoms with E-state index in [1.165, 1.54) is 24.3 Å². The van der Waals surface area contributed by atoms with E-state index in [9.17, 15) is 29.2 Å². The summed E-state index contributed by atoms with van der Waals surface area (Å²) in [4.78, 5) is 40.5. The number of Topliss-reactive ketones (excluding diaryl/α,β-unsaturated/α-hetero) is 1. The van der Waals surface area contributed by atoms with Crippen LogP contribution in [0.5, 0.6) is 11.5 Å². The van der Waals surface area contributed by atoms with Crippen molar-refractivity contribution in [3.63, 3.8) is 0 Å². The van der Waals surface area contributed by atoms with Gasteiger partial charge >= 0.3 is 5.69 Å². The van der Waals surface area contributed by atoms with E-state index < -0.39 is 34.1 Å². The van der Waals surface area contributed by atoms with Gasteiger partial charge in [0.25, 0.3) is 0 Å². The second kappa shape index (κ2) is 8.49. The first-order valence-electron chi connectivity index (χ1n) is 10.3. The minimum absolute atomic E-state index is 0.0688. The quantitative estimate of drug-likeness (QED) is 0.553. The number of ketones is 1. The molecule has 1 aliphatic heterocycles. The van der Waals surface area contributed by atoms with Crippen molar-refractivity contribution >= 4 is 23.1 Å². The minimum atomic E-state index is -0.728. The van der Waals surface area contributed by atoms with Crippen molar-refractivity contribution in [2.75, 3.05) is 6.61 Å². The van der Waals surface area contributed by atoms with Gasteiger partial charge in [-0.2, -0.15) is 0 Å². The van der Waals surface area contributed by atoms with E-state index in [1.54, 1.807) is 19.1 Å². The molecule has 0 saturated heterocycles. The van der Waals surface area contributed by atoms with Crippen LogP contribution < -0.4 is 4.74 Å². The van der Waals surface area contributed by atoms with Crippen molar-refractivity contribution in [3.05, 3.63) is 63.5 Å². The van der Waals surface area contributed by atoms with Crippen LogP contribution in [0, 0.1) is 21.8 Å². The predicted octanol–water partition coefficient (Wildman–Crippen LogP) is 4.06. The Morgan fingerprint density at radius 3 is 2.53 bits per heavy atom. The lowest BCUT2D eigenvalue weighted by molar-refractivity contribution is -0.386. The summed E-state index contributed by atoms with van der Waals surface area (Å²) in [6.45, 7) is 1.85. The number of carbonyl (C=O) groups excluding carboxylic acids is 2. The third kappa shape index (κ3) is 3.98. The van der Waals surface area contributed by atoms with Crippen LogP contribution in [-0.2, 0) is 9.59 Å². The molecule has 1 fully saturated rings. The molecule has 1 aliphatic carbocycles. The highest BCUT2D eigenvalue weighted by Crippen LogP contribution is 2.46. The molecule has 0 aromatic heterocycles. The van der Waals surface area contributed by atoms with Crippen molar-refractivity contribution in [2.45, 2.75) is 38.0 Å². The highest BCUT2D eigenvalue weighted by Gasteiger charge is 2.44. The molecule has 1 heterocycles. The maximum atomic E-state index is 13.3. The number of nitro benzene ring substituents is 1. The summed E-state index contributed by atoms with van der Waals surface area (Å²) in [5, 5.41) is 21.6. The number of halogens is 1. The van der Waals surface area contributed by atoms with E-state index in [1.807, 2.05) is 0 Å². The largest absolute Gasteiger partial charge is 0.500 e. The molecule has 2 aromatic carbocycles. The molecule has 4 rings (SSSR count). The number of nitro groups is 1. The monoisotopic (exact) mass is 440 g/mol. The number of fused-ring (bicyclic) bond motifs is 1. The summed E-state index contributed by atoms with van der Waals surface area (Å²) in [5.41, 5.74) is 1.05. The van der Waals surface area contributed by atoms with Gasteiger partial charge in [-0.05, 0) is 48.6 Å². The van der Waals surface area contributed by atoms with Crippen LogP contribution in [0.4, 0.5) is 10.1 Å². The van der Waals surface area contributed by atoms with Gasteiger partial charge in [0.15, 0.2) is 5.75 Å². The smallest absolute Gasteiger partial charge is 0.314 e. The number of ether oxygens (including phenoxy) is 1. The fraction of sp³-hybridized carbons (Fsp3) is 0.348. The summed E-state index contributed by atoms with van der Waals surface area (Å²) in [6.07, 6.45) is 0.482. The predicted molar refractivity (Wildman–Crippen MR) is 113 cm³/mol. The molecule has 1 saturated carbocycles. The fourth-order valence-corrected chi connectivity index (χ4v) is 4.60. The molecule has 0 bridgehead atoms. The Morgan fingerprint density at radius 1 is 1.16 bits per heavy atom. The van der Waals surface area contributed by atoms with Crippen LogP contribution in [0.25, 0.3) is 0 Å². The van der Waals surface area contributed by atoms with Crippen molar-refractivity contribution in [2.24, 2.45) is 10.9 Å². The summed E-state index contributed by atoms with van der Waals surface area (Å²) in [6, 6.07) is 8.53. The van der Waals surface area contributed by atoms with Gasteiger partial charge in [-0.25, -0.2) is 9.38 Å². The number of rotatable bonds is 5. The maximum Gasteiger partial charge on any atom is 0.314 e. The summed E-state index contributed by atoms with van der Waals surface area (Å²) in [5.74, 6) is -3.14. The number of benzene rings is 2. The molecule has 1 unspecified atom stereocenters. The number of phenolic OH excluding ortho intramolecular Hbond substituents is 1. The molecular weight excluding hydrogens is 419 g/mol. The molecule has 1 amide bonds. The van der Waals surface area contributed by atoms with Crippen molar-refractivity contribution in [1.82, 2.24) is 0 Å². The topological polar surface area (TPSA) is 119 Å². The number of aliphatic imine (C=N–C) groups is 1. The van der Waals surface area contributed by atoms with Crippen molar-refractivity contribution in [3.8, 4) is 11.5 Å². The Hall–Kier alpha value is -3.62. The lowest BCUT2D eigenvalue weighted by atomic mass is 9.67. The van der Waals surface area contributed by atoms with Gasteiger partial charge in [-0.3, -0.25) is 19.7 Å². The van der Waals surface area contributed by atoms with Gasteiger partial charge in [0.05, 0.1) is 17.4 Å². The first-order valence-corrected chi connectivity index (χ1v) is 10.3. The van der Waals surface area contributed by atoms with E-state index in [4.69, 9.17) is 4.74 Å². The van der Waals surface area contributed by atoms with Crippen LogP contribution in [0.3, 0.4) is 0 Å². The highest BCUT2D eigenvalue weighted by molar-refractivity contribution is 6.14. The first-order chi connectivity index (χ1) is 15.3. The van der Waals surface area contributed by atoms with Crippen LogP contribution in [0.15, 0.2) is 41.4 Å². The molecule has 2 aliphatic rings. The summed E-state index contributed by atoms with van der Waals surface area (Å²) < 4.78 is 18.6. The van der Waals surface area contributed by atoms with E-state index in [2.05, 4.69) is 4.99 Å². The third-order valence-corrected chi connectivity index (χ3v) is 6.02. The Kier molecular flexibility index (Phi) is 5.73. The van der Waals surface area contributed by atoms with Crippen LogP contribution in [0.2, 0.25) is 0 Å². The van der Waals surface area contributed by atoms with Gasteiger partial charge in [0, 0.05) is 30.5 Å². The molecule has 0 spiro atoms. The number of amides is 1. The van der Waals surface area contributed by atoms with Gasteiger partial charge in [0.2, 0.25) is 11.7 Å². The Bertz CT molecular complexity index is 1130. The highest BCUT2D eigenvalue weighted by atomic mass is 19.1. The zero-order chi connectivity index (χ0) is 23.0. The molecule has 8 nitrogen and oxygen atoms in total. The van der Waals surface area contributed by atoms with Crippen LogP contribution in [-0.4, -0.2) is 34.0 Å². The number of nitrogens with zero attached hydrogens (tertiary/aromatic N) is 2. The van der Waals surface area contributed by atoms with E-state index in [-0.39, 0.29) is 42.7 Å². The number of phenols is 1. The van der Waals surface area contributed by atoms with Gasteiger partial charge < -0.3 is 9.84 Å². The SMILES string of the molecule is CCOc1cc([C@@H]2CC(=O)N=C3C[C@@H](c4ccc(F)cc4)CC(=O)C32)cc([N+](=O)[O-])c1O. The second-order valence-electron chi connectivity index (χ2n) is 7.99. The Labute approximate surface area is 182 Å².